The first-order chi connectivity index (χ1) is 16.3. The number of anilines is 3. The van der Waals surface area contributed by atoms with Gasteiger partial charge in [-0.2, -0.15) is 19.4 Å². The van der Waals surface area contributed by atoms with Gasteiger partial charge in [-0.15, -0.1) is 0 Å². The second kappa shape index (κ2) is 9.31. The van der Waals surface area contributed by atoms with E-state index in [1.165, 1.54) is 0 Å². The monoisotopic (exact) mass is 491 g/mol. The Morgan fingerprint density at radius 3 is 2.53 bits per heavy atom. The Morgan fingerprint density at radius 2 is 1.94 bits per heavy atom. The number of rotatable bonds is 8. The maximum atomic E-state index is 12.8. The average molecular weight is 492 g/mol. The minimum atomic E-state index is -3.22. The first-order valence-corrected chi connectivity index (χ1v) is 13.6. The Balaban J connectivity index is 1.39. The van der Waals surface area contributed by atoms with Crippen LogP contribution in [0.2, 0.25) is 0 Å². The standard InChI is InChI=1S/C22H33N7O4S/c1-4-34(30,31)29-15-6-5-7-16(29)10-17(9-15)28(3)22-24-19(23-20-8-14(2)26-27-20)11-21(25-22)33-18-12-32-13-18/h8,11,15-18H,4-7,9-10,12-13H2,1-3H3,(H2,23,24,25,26,27)/t15-,16+,17?. The van der Waals surface area contributed by atoms with E-state index in [0.717, 1.165) is 37.8 Å². The van der Waals surface area contributed by atoms with Crippen molar-refractivity contribution in [3.63, 3.8) is 0 Å². The molecule has 34 heavy (non-hydrogen) atoms. The minimum absolute atomic E-state index is 0.0182. The number of hydrogen-bond donors (Lipinski definition) is 2. The summed E-state index contributed by atoms with van der Waals surface area (Å²) in [6.45, 7) is 4.75. The Morgan fingerprint density at radius 1 is 1.21 bits per heavy atom. The fourth-order valence-corrected chi connectivity index (χ4v) is 6.74. The number of piperidine rings is 2. The van der Waals surface area contributed by atoms with Crippen molar-refractivity contribution in [3.8, 4) is 5.88 Å². The number of aryl methyl sites for hydroxylation is 1. The van der Waals surface area contributed by atoms with Gasteiger partial charge in [0.2, 0.25) is 21.9 Å². The number of hydrogen-bond acceptors (Lipinski definition) is 9. The van der Waals surface area contributed by atoms with Crippen LogP contribution in [0.5, 0.6) is 5.88 Å². The summed E-state index contributed by atoms with van der Waals surface area (Å²) in [6.07, 6.45) is 4.38. The predicted molar refractivity (Wildman–Crippen MR) is 128 cm³/mol. The number of sulfonamides is 1. The molecular formula is C22H33N7O4S. The van der Waals surface area contributed by atoms with Crippen LogP contribution in [-0.4, -0.2) is 83.1 Å². The molecule has 2 bridgehead atoms. The van der Waals surface area contributed by atoms with Crippen molar-refractivity contribution >= 4 is 27.6 Å². The van der Waals surface area contributed by atoms with Crippen LogP contribution in [0.4, 0.5) is 17.6 Å². The molecule has 0 saturated carbocycles. The molecule has 3 aliphatic heterocycles. The van der Waals surface area contributed by atoms with Crippen molar-refractivity contribution in [2.75, 3.05) is 36.2 Å². The Kier molecular flexibility index (Phi) is 6.38. The average Bonchev–Trinajstić information content (AvgIpc) is 3.19. The van der Waals surface area contributed by atoms with Crippen molar-refractivity contribution in [1.82, 2.24) is 24.5 Å². The van der Waals surface area contributed by atoms with E-state index < -0.39 is 10.0 Å². The molecule has 3 aliphatic rings. The lowest BCUT2D eigenvalue weighted by atomic mass is 9.83. The second-order valence-electron chi connectivity index (χ2n) is 9.44. The zero-order chi connectivity index (χ0) is 23.9. The van der Waals surface area contributed by atoms with Crippen molar-refractivity contribution in [2.45, 2.75) is 70.2 Å². The molecule has 1 unspecified atom stereocenters. The highest BCUT2D eigenvalue weighted by molar-refractivity contribution is 7.89. The lowest BCUT2D eigenvalue weighted by Gasteiger charge is -2.49. The van der Waals surface area contributed by atoms with Crippen molar-refractivity contribution in [2.24, 2.45) is 0 Å². The number of nitrogens with one attached hydrogen (secondary N) is 2. The number of aromatic nitrogens is 4. The van der Waals surface area contributed by atoms with E-state index >= 15 is 0 Å². The van der Waals surface area contributed by atoms with Gasteiger partial charge in [0.05, 0.1) is 19.0 Å². The van der Waals surface area contributed by atoms with Crippen molar-refractivity contribution < 1.29 is 17.9 Å². The maximum Gasteiger partial charge on any atom is 0.230 e. The van der Waals surface area contributed by atoms with E-state index in [2.05, 4.69) is 20.4 Å². The lowest BCUT2D eigenvalue weighted by Crippen LogP contribution is -2.58. The topological polar surface area (TPSA) is 126 Å². The molecular weight excluding hydrogens is 458 g/mol. The molecule has 186 valence electrons. The first-order valence-electron chi connectivity index (χ1n) is 12.0. The quantitative estimate of drug-likeness (QED) is 0.571. The summed E-state index contributed by atoms with van der Waals surface area (Å²) >= 11 is 0. The van der Waals surface area contributed by atoms with E-state index in [-0.39, 0.29) is 30.0 Å². The summed E-state index contributed by atoms with van der Waals surface area (Å²) < 4.78 is 38.6. The molecule has 2 N–H and O–H groups in total. The predicted octanol–water partition coefficient (Wildman–Crippen LogP) is 2.20. The SMILES string of the molecule is CCS(=O)(=O)N1[C@@H]2CCC[C@H]1CC(N(C)c1nc(Nc3cc(C)[nH]n3)cc(OC3COC3)n1)C2. The highest BCUT2D eigenvalue weighted by Crippen LogP contribution is 2.38. The van der Waals surface area contributed by atoms with Gasteiger partial charge in [-0.1, -0.05) is 6.42 Å². The second-order valence-corrected chi connectivity index (χ2v) is 11.6. The smallest absolute Gasteiger partial charge is 0.230 e. The molecule has 3 saturated heterocycles. The summed E-state index contributed by atoms with van der Waals surface area (Å²) in [4.78, 5) is 11.5. The third-order valence-electron chi connectivity index (χ3n) is 6.98. The Bertz CT molecular complexity index is 1110. The number of H-pyrrole nitrogens is 1. The zero-order valence-electron chi connectivity index (χ0n) is 19.9. The molecule has 5 heterocycles. The highest BCUT2D eigenvalue weighted by Gasteiger charge is 2.45. The van der Waals surface area contributed by atoms with E-state index in [9.17, 15) is 8.42 Å². The number of nitrogens with zero attached hydrogens (tertiary/aromatic N) is 5. The van der Waals surface area contributed by atoms with Crippen molar-refractivity contribution in [1.29, 1.82) is 0 Å². The molecule has 0 aromatic carbocycles. The van der Waals surface area contributed by atoms with Gasteiger partial charge >= 0.3 is 0 Å². The van der Waals surface area contributed by atoms with Crippen LogP contribution in [0, 0.1) is 6.92 Å². The van der Waals surface area contributed by atoms with Gasteiger partial charge in [0.25, 0.3) is 0 Å². The molecule has 0 radical (unpaired) electrons. The number of fused-ring (bicyclic) bond motifs is 2. The zero-order valence-corrected chi connectivity index (χ0v) is 20.7. The third kappa shape index (κ3) is 4.71. The maximum absolute atomic E-state index is 12.8. The van der Waals surface area contributed by atoms with E-state index in [4.69, 9.17) is 19.4 Å². The third-order valence-corrected chi connectivity index (χ3v) is 8.95. The minimum Gasteiger partial charge on any atom is -0.469 e. The molecule has 12 heteroatoms. The van der Waals surface area contributed by atoms with Crippen LogP contribution in [0.3, 0.4) is 0 Å². The number of aromatic amines is 1. The van der Waals surface area contributed by atoms with Gasteiger partial charge < -0.3 is 19.7 Å². The van der Waals surface area contributed by atoms with Crippen LogP contribution < -0.4 is 15.0 Å². The van der Waals surface area contributed by atoms with Gasteiger partial charge in [-0.05, 0) is 39.5 Å². The fraction of sp³-hybridized carbons (Fsp3) is 0.682. The van der Waals surface area contributed by atoms with Crippen LogP contribution in [-0.2, 0) is 14.8 Å². The molecule has 5 rings (SSSR count). The van der Waals surface area contributed by atoms with E-state index in [0.29, 0.717) is 36.7 Å². The molecule has 3 atom stereocenters. The van der Waals surface area contributed by atoms with Gasteiger partial charge in [-0.3, -0.25) is 5.10 Å². The molecule has 11 nitrogen and oxygen atoms in total. The van der Waals surface area contributed by atoms with Crippen LogP contribution >= 0.6 is 0 Å². The molecule has 0 amide bonds. The first kappa shape index (κ1) is 23.3. The van der Waals surface area contributed by atoms with Crippen LogP contribution in [0.25, 0.3) is 0 Å². The molecule has 3 fully saturated rings. The van der Waals surface area contributed by atoms with E-state index in [1.54, 1.807) is 17.3 Å². The van der Waals surface area contributed by atoms with Gasteiger partial charge in [0, 0.05) is 43.0 Å². The molecule has 0 aliphatic carbocycles. The summed E-state index contributed by atoms with van der Waals surface area (Å²) in [5, 5.41) is 10.4. The Labute approximate surface area is 200 Å². The van der Waals surface area contributed by atoms with Crippen LogP contribution in [0.15, 0.2) is 12.1 Å². The fourth-order valence-electron chi connectivity index (χ4n) is 5.15. The summed E-state index contributed by atoms with van der Waals surface area (Å²) in [5.74, 6) is 2.42. The molecule has 2 aromatic rings. The summed E-state index contributed by atoms with van der Waals surface area (Å²) in [6, 6.07) is 3.87. The van der Waals surface area contributed by atoms with Gasteiger partial charge in [-0.25, -0.2) is 8.42 Å². The Hall–Kier alpha value is -2.44. The number of ether oxygens (including phenoxy) is 2. The summed E-state index contributed by atoms with van der Waals surface area (Å²) in [5.41, 5.74) is 0.942. The van der Waals surface area contributed by atoms with Gasteiger partial charge in [0.1, 0.15) is 11.9 Å². The van der Waals surface area contributed by atoms with Crippen LogP contribution in [0.1, 0.15) is 44.7 Å². The van der Waals surface area contributed by atoms with Gasteiger partial charge in [0.15, 0.2) is 5.82 Å². The largest absolute Gasteiger partial charge is 0.469 e. The van der Waals surface area contributed by atoms with E-state index in [1.807, 2.05) is 20.0 Å². The normalized spacial score (nSPS) is 25.6. The molecule has 2 aromatic heterocycles. The highest BCUT2D eigenvalue weighted by atomic mass is 32.2. The summed E-state index contributed by atoms with van der Waals surface area (Å²) in [7, 11) is -1.23. The lowest BCUT2D eigenvalue weighted by molar-refractivity contribution is -0.0813. The van der Waals surface area contributed by atoms with Crippen molar-refractivity contribution in [3.05, 3.63) is 17.8 Å². The molecule has 0 spiro atoms.